The topological polar surface area (TPSA) is 353 Å². The van der Waals surface area contributed by atoms with Crippen molar-refractivity contribution in [2.45, 2.75) is 62.3 Å². The van der Waals surface area contributed by atoms with Crippen LogP contribution in [-0.2, 0) is 43.2 Å². The molecule has 39 heavy (non-hydrogen) atoms. The van der Waals surface area contributed by atoms with E-state index in [-0.39, 0.29) is 53.1 Å². The minimum atomic E-state index is -1.08. The van der Waals surface area contributed by atoms with Crippen LogP contribution in [0, 0.1) is 0 Å². The van der Waals surface area contributed by atoms with Crippen LogP contribution in [0.3, 0.4) is 0 Å². The summed E-state index contributed by atoms with van der Waals surface area (Å²) in [6, 6.07) is 0. The van der Waals surface area contributed by atoms with Crippen LogP contribution in [0.15, 0.2) is 0 Å². The van der Waals surface area contributed by atoms with Gasteiger partial charge in [-0.05, 0) is 41.5 Å². The number of carboxylic acids is 9. The first kappa shape index (κ1) is 76.6. The molecule has 21 heteroatoms. The van der Waals surface area contributed by atoms with Gasteiger partial charge in [0.25, 0.3) is 17.9 Å². The number of carboxylic acid groups (broad SMARTS) is 9. The molecule has 224 valence electrons. The molecule has 0 aromatic heterocycles. The zero-order valence-corrected chi connectivity index (χ0v) is 28.7. The van der Waals surface area contributed by atoms with Gasteiger partial charge in [-0.2, -0.15) is 9.90 Å². The molecule has 0 radical (unpaired) electrons. The van der Waals surface area contributed by atoms with Crippen molar-refractivity contribution in [1.82, 2.24) is 0 Å². The summed E-state index contributed by atoms with van der Waals surface area (Å²) in [5.74, 6) is -9.00. The molecule has 0 aromatic rings. The number of rotatable bonds is 0. The largest absolute Gasteiger partial charge is 3.00 e. The molecule has 1 unspecified atom stereocenters. The Bertz CT molecular complexity index is 434. The minimum Gasteiger partial charge on any atom is -0.550 e. The van der Waals surface area contributed by atoms with Crippen LogP contribution in [-0.4, -0.2) is 112 Å². The van der Waals surface area contributed by atoms with Gasteiger partial charge in [0.2, 0.25) is 0 Å². The Labute approximate surface area is 257 Å². The van der Waals surface area contributed by atoms with Crippen molar-refractivity contribution in [2.24, 2.45) is 0 Å². The standard InChI is InChI=1S/9C2H4O2.Al.In.H3P/c9*1-2(3)4;;;/h9*1H3,(H,3,4);;;1H3/q;;;;;;;;;2*+3;/p-6. The van der Waals surface area contributed by atoms with Crippen LogP contribution < -0.4 is 30.6 Å². The Balaban J connectivity index is -0.0000000208. The number of aliphatic carboxylic acids is 9. The summed E-state index contributed by atoms with van der Waals surface area (Å²) < 4.78 is 0. The van der Waals surface area contributed by atoms with Gasteiger partial charge in [-0.1, -0.05) is 0 Å². The van der Waals surface area contributed by atoms with Crippen LogP contribution >= 0.6 is 9.90 Å². The maximum absolute atomic E-state index is 9.00. The fraction of sp³-hybridized carbons (Fsp3) is 0.500. The molecule has 0 amide bonds. The second kappa shape index (κ2) is 70.3. The van der Waals surface area contributed by atoms with E-state index in [0.29, 0.717) is 0 Å². The molecule has 0 heterocycles. The fourth-order valence-electron chi connectivity index (χ4n) is 0. The summed E-state index contributed by atoms with van der Waals surface area (Å²) in [4.78, 5) is 80.3. The maximum atomic E-state index is 9.00. The Morgan fingerprint density at radius 1 is 0.359 bits per heavy atom. The normalized spacial score (nSPS) is 5.77. The SMILES string of the molecule is CC(=O)O.CC(=O)O.CC(=O)O.CC(=O)[O-].CC(=O)[O-].CC(=O)[O-].CC(=O)[O-].CC(=O)[O-].CC(=O)[O-].P.[Al+3].[In+3]. The van der Waals surface area contributed by atoms with Gasteiger partial charge in [0.05, 0.1) is 0 Å². The summed E-state index contributed by atoms with van der Waals surface area (Å²) in [6.45, 7) is 9.08. The Morgan fingerprint density at radius 3 is 0.359 bits per heavy atom. The monoisotopic (exact) mass is 710 g/mol. The third-order valence-corrected chi connectivity index (χ3v) is 0. The zero-order valence-electron chi connectivity index (χ0n) is 22.8. The van der Waals surface area contributed by atoms with Crippen molar-refractivity contribution in [1.29, 1.82) is 0 Å². The third kappa shape index (κ3) is 4440. The average Bonchev–Trinajstić information content (AvgIpc) is 2.39. The number of hydrogen-bond donors (Lipinski definition) is 3. The predicted molar refractivity (Wildman–Crippen MR) is 127 cm³/mol. The van der Waals surface area contributed by atoms with E-state index >= 15 is 0 Å². The number of carbonyl (C=O) groups is 9. The van der Waals surface area contributed by atoms with E-state index in [9.17, 15) is 0 Å². The van der Waals surface area contributed by atoms with Gasteiger partial charge in [-0.15, -0.1) is 0 Å². The first-order chi connectivity index (χ1) is 15.6. The predicted octanol–water partition coefficient (Wildman–Crippen LogP) is -7.89. The van der Waals surface area contributed by atoms with Gasteiger partial charge < -0.3 is 74.7 Å². The summed E-state index contributed by atoms with van der Waals surface area (Å²) in [5, 5.41) is 75.6. The van der Waals surface area contributed by atoms with E-state index in [2.05, 4.69) is 0 Å². The molecule has 0 aliphatic rings. The van der Waals surface area contributed by atoms with Crippen LogP contribution in [0.5, 0.6) is 0 Å². The van der Waals surface area contributed by atoms with Crippen molar-refractivity contribution in [3.8, 4) is 0 Å². The van der Waals surface area contributed by atoms with Gasteiger partial charge in [0.1, 0.15) is 0 Å². The molecule has 0 bridgehead atoms. The second-order valence-corrected chi connectivity index (χ2v) is 4.51. The summed E-state index contributed by atoms with van der Waals surface area (Å²) in [6.07, 6.45) is 0. The molecule has 0 saturated carbocycles. The Hall–Kier alpha value is -2.94. The van der Waals surface area contributed by atoms with E-state index < -0.39 is 53.7 Å². The van der Waals surface area contributed by atoms with Crippen LogP contribution in [0.4, 0.5) is 0 Å². The quantitative estimate of drug-likeness (QED) is 0.155. The Morgan fingerprint density at radius 2 is 0.359 bits per heavy atom. The van der Waals surface area contributed by atoms with Crippen molar-refractivity contribution in [2.75, 3.05) is 0 Å². The van der Waals surface area contributed by atoms with Gasteiger partial charge in [0.15, 0.2) is 0 Å². The molecule has 3 N–H and O–H groups in total. The maximum Gasteiger partial charge on any atom is 3.00 e. The van der Waals surface area contributed by atoms with E-state index in [1.807, 2.05) is 0 Å². The molecule has 0 rings (SSSR count). The molecule has 18 nitrogen and oxygen atoms in total. The number of hydrogen-bond acceptors (Lipinski definition) is 15. The molecule has 0 aliphatic carbocycles. The van der Waals surface area contributed by atoms with Gasteiger partial charge in [-0.3, -0.25) is 14.4 Å². The minimum absolute atomic E-state index is 0. The van der Waals surface area contributed by atoms with E-state index in [1.165, 1.54) is 0 Å². The molecule has 0 saturated heterocycles. The van der Waals surface area contributed by atoms with Crippen molar-refractivity contribution in [3.63, 3.8) is 0 Å². The third-order valence-electron chi connectivity index (χ3n) is 0. The molecule has 0 aliphatic heterocycles. The van der Waals surface area contributed by atoms with Crippen molar-refractivity contribution < 1.29 is 89.1 Å². The molecule has 0 fully saturated rings. The van der Waals surface area contributed by atoms with E-state index in [1.54, 1.807) is 0 Å². The molecule has 0 aromatic carbocycles. The average molecular weight is 710 g/mol. The first-order valence-electron chi connectivity index (χ1n) is 8.23. The van der Waals surface area contributed by atoms with E-state index in [4.69, 9.17) is 89.1 Å². The molecular weight excluding hydrogens is 677 g/mol. The fourth-order valence-corrected chi connectivity index (χ4v) is 0. The second-order valence-electron chi connectivity index (χ2n) is 4.51. The number of carbonyl (C=O) groups excluding carboxylic acids is 6. The molecule has 1 atom stereocenters. The van der Waals surface area contributed by atoms with Gasteiger partial charge in [-0.25, -0.2) is 0 Å². The first-order valence-corrected chi connectivity index (χ1v) is 8.23. The summed E-state index contributed by atoms with van der Waals surface area (Å²) in [5.41, 5.74) is 0. The van der Waals surface area contributed by atoms with Crippen LogP contribution in [0.2, 0.25) is 0 Å². The summed E-state index contributed by atoms with van der Waals surface area (Å²) in [7, 11) is 0. The van der Waals surface area contributed by atoms with Crippen molar-refractivity contribution in [3.05, 3.63) is 0 Å². The molecular formula is C18H33AlInO18P. The summed E-state index contributed by atoms with van der Waals surface area (Å²) >= 11 is 0. The van der Waals surface area contributed by atoms with Crippen LogP contribution in [0.25, 0.3) is 0 Å². The van der Waals surface area contributed by atoms with Gasteiger partial charge in [0, 0.05) is 56.6 Å². The van der Waals surface area contributed by atoms with E-state index in [0.717, 1.165) is 62.3 Å². The van der Waals surface area contributed by atoms with Gasteiger partial charge >= 0.3 is 43.2 Å². The molecule has 0 spiro atoms. The smallest absolute Gasteiger partial charge is 0.550 e. The van der Waals surface area contributed by atoms with Crippen molar-refractivity contribution >= 4 is 107 Å². The zero-order chi connectivity index (χ0) is 32.2. The van der Waals surface area contributed by atoms with Crippen LogP contribution in [0.1, 0.15) is 62.3 Å². The Kier molecular flexibility index (Phi) is 138.